The van der Waals surface area contributed by atoms with Crippen molar-refractivity contribution < 1.29 is 4.79 Å². The number of carbonyl (C=O) groups is 1. The summed E-state index contributed by atoms with van der Waals surface area (Å²) >= 11 is 0. The van der Waals surface area contributed by atoms with Gasteiger partial charge in [-0.2, -0.15) is 0 Å². The van der Waals surface area contributed by atoms with Crippen molar-refractivity contribution in [1.82, 2.24) is 9.47 Å². The quantitative estimate of drug-likeness (QED) is 0.563. The average molecular weight is 444 g/mol. The van der Waals surface area contributed by atoms with E-state index in [0.29, 0.717) is 18.7 Å². The van der Waals surface area contributed by atoms with E-state index < -0.39 is 0 Å². The summed E-state index contributed by atoms with van der Waals surface area (Å²) in [5.41, 5.74) is 4.27. The van der Waals surface area contributed by atoms with Gasteiger partial charge in [-0.1, -0.05) is 55.7 Å². The Balaban J connectivity index is 1.41. The molecule has 0 unspecified atom stereocenters. The number of rotatable bonds is 6. The van der Waals surface area contributed by atoms with E-state index in [0.717, 1.165) is 56.1 Å². The van der Waals surface area contributed by atoms with Crippen LogP contribution in [0.3, 0.4) is 0 Å². The molecule has 172 valence electrons. The maximum absolute atomic E-state index is 13.6. The van der Waals surface area contributed by atoms with Crippen molar-refractivity contribution in [2.75, 3.05) is 24.5 Å². The molecule has 1 amide bonds. The van der Waals surface area contributed by atoms with E-state index in [9.17, 15) is 9.59 Å². The third-order valence-corrected chi connectivity index (χ3v) is 7.46. The molecule has 1 fully saturated rings. The van der Waals surface area contributed by atoms with Gasteiger partial charge >= 0.3 is 0 Å². The van der Waals surface area contributed by atoms with E-state index in [1.807, 2.05) is 42.3 Å². The predicted molar refractivity (Wildman–Crippen MR) is 134 cm³/mol. The molecule has 2 heterocycles. The zero-order valence-corrected chi connectivity index (χ0v) is 19.5. The number of pyridine rings is 1. The Morgan fingerprint density at radius 1 is 1.03 bits per heavy atom. The Morgan fingerprint density at radius 2 is 1.79 bits per heavy atom. The van der Waals surface area contributed by atoms with Crippen LogP contribution in [0.5, 0.6) is 0 Å². The largest absolute Gasteiger partial charge is 0.369 e. The van der Waals surface area contributed by atoms with Gasteiger partial charge in [0.1, 0.15) is 0 Å². The van der Waals surface area contributed by atoms with Gasteiger partial charge in [0.05, 0.1) is 12.1 Å². The first-order valence-electron chi connectivity index (χ1n) is 12.3. The molecule has 5 rings (SSSR count). The topological polar surface area (TPSA) is 45.6 Å². The van der Waals surface area contributed by atoms with Crippen LogP contribution in [-0.4, -0.2) is 35.0 Å². The van der Waals surface area contributed by atoms with Crippen molar-refractivity contribution >= 4 is 22.5 Å². The lowest BCUT2D eigenvalue weighted by Gasteiger charge is -2.31. The fourth-order valence-electron chi connectivity index (χ4n) is 5.56. The summed E-state index contributed by atoms with van der Waals surface area (Å²) < 4.78 is 1.71. The van der Waals surface area contributed by atoms with Gasteiger partial charge in [-0.3, -0.25) is 9.59 Å². The van der Waals surface area contributed by atoms with Gasteiger partial charge in [0, 0.05) is 43.9 Å². The molecule has 2 aromatic carbocycles. The second kappa shape index (κ2) is 9.42. The molecule has 5 heteroatoms. The molecule has 0 saturated heterocycles. The SMILES string of the molecule is Cn1c(=O)c(CN(CCN2CCc3ccccc32)C(=O)C2CCCCC2)cc2ccccc21. The molecule has 0 atom stereocenters. The summed E-state index contributed by atoms with van der Waals surface area (Å²) in [6.45, 7) is 2.80. The number of anilines is 1. The van der Waals surface area contributed by atoms with Crippen molar-refractivity contribution in [1.29, 1.82) is 0 Å². The summed E-state index contributed by atoms with van der Waals surface area (Å²) in [5.74, 6) is 0.311. The van der Waals surface area contributed by atoms with E-state index in [1.54, 1.807) is 4.57 Å². The van der Waals surface area contributed by atoms with Crippen LogP contribution < -0.4 is 10.5 Å². The molecule has 3 aromatic rings. The van der Waals surface area contributed by atoms with Crippen LogP contribution in [-0.2, 0) is 24.8 Å². The zero-order chi connectivity index (χ0) is 22.8. The van der Waals surface area contributed by atoms with Crippen molar-refractivity contribution in [3.63, 3.8) is 0 Å². The first kappa shape index (κ1) is 21.7. The van der Waals surface area contributed by atoms with Crippen LogP contribution in [0.15, 0.2) is 59.4 Å². The number of aromatic nitrogens is 1. The molecule has 0 N–H and O–H groups in total. The highest BCUT2D eigenvalue weighted by atomic mass is 16.2. The fraction of sp³-hybridized carbons (Fsp3) is 0.429. The van der Waals surface area contributed by atoms with Crippen LogP contribution in [0.4, 0.5) is 5.69 Å². The number of para-hydroxylation sites is 2. The third kappa shape index (κ3) is 4.41. The predicted octanol–water partition coefficient (Wildman–Crippen LogP) is 4.51. The first-order chi connectivity index (χ1) is 16.1. The van der Waals surface area contributed by atoms with Gasteiger partial charge in [0.2, 0.25) is 5.91 Å². The molecule has 1 saturated carbocycles. The van der Waals surface area contributed by atoms with Crippen LogP contribution in [0.1, 0.15) is 43.2 Å². The zero-order valence-electron chi connectivity index (χ0n) is 19.5. The van der Waals surface area contributed by atoms with Crippen molar-refractivity contribution in [2.45, 2.75) is 45.1 Å². The Bertz CT molecular complexity index is 1210. The summed E-state index contributed by atoms with van der Waals surface area (Å²) in [5, 5.41) is 1.04. The minimum Gasteiger partial charge on any atom is -0.369 e. The number of carbonyl (C=O) groups excluding carboxylic acids is 1. The van der Waals surface area contributed by atoms with Crippen molar-refractivity contribution in [2.24, 2.45) is 13.0 Å². The highest BCUT2D eigenvalue weighted by Gasteiger charge is 2.28. The molecule has 5 nitrogen and oxygen atoms in total. The second-order valence-corrected chi connectivity index (χ2v) is 9.55. The monoisotopic (exact) mass is 443 g/mol. The lowest BCUT2D eigenvalue weighted by atomic mass is 9.88. The highest BCUT2D eigenvalue weighted by molar-refractivity contribution is 5.81. The van der Waals surface area contributed by atoms with E-state index >= 15 is 0 Å². The molecule has 0 radical (unpaired) electrons. The van der Waals surface area contributed by atoms with Gasteiger partial charge < -0.3 is 14.4 Å². The molecule has 1 aliphatic heterocycles. The Hall–Kier alpha value is -3.08. The Kier molecular flexibility index (Phi) is 6.21. The summed E-state index contributed by atoms with van der Waals surface area (Å²) in [6.07, 6.45) is 6.47. The van der Waals surface area contributed by atoms with Crippen LogP contribution in [0.25, 0.3) is 10.9 Å². The number of fused-ring (bicyclic) bond motifs is 2. The van der Waals surface area contributed by atoms with Crippen LogP contribution >= 0.6 is 0 Å². The standard InChI is InChI=1S/C28H33N3O2/c1-29-25-13-7-6-12-23(25)19-24(27(29)32)20-31(28(33)22-10-3-2-4-11-22)18-17-30-16-15-21-9-5-8-14-26(21)30/h5-9,12-14,19,22H,2-4,10-11,15-18,20H2,1H3. The molecule has 33 heavy (non-hydrogen) atoms. The minimum atomic E-state index is -0.0123. The number of nitrogens with zero attached hydrogens (tertiary/aromatic N) is 3. The van der Waals surface area contributed by atoms with Crippen LogP contribution in [0, 0.1) is 5.92 Å². The molecular weight excluding hydrogens is 410 g/mol. The average Bonchev–Trinajstić information content (AvgIpc) is 3.28. The van der Waals surface area contributed by atoms with E-state index in [-0.39, 0.29) is 17.4 Å². The fourth-order valence-corrected chi connectivity index (χ4v) is 5.56. The maximum Gasteiger partial charge on any atom is 0.255 e. The smallest absolute Gasteiger partial charge is 0.255 e. The number of benzene rings is 2. The van der Waals surface area contributed by atoms with Crippen LogP contribution in [0.2, 0.25) is 0 Å². The lowest BCUT2D eigenvalue weighted by Crippen LogP contribution is -2.42. The number of amides is 1. The third-order valence-electron chi connectivity index (χ3n) is 7.46. The Labute approximate surface area is 195 Å². The van der Waals surface area contributed by atoms with Gasteiger partial charge in [0.15, 0.2) is 0 Å². The highest BCUT2D eigenvalue weighted by Crippen LogP contribution is 2.28. The lowest BCUT2D eigenvalue weighted by molar-refractivity contribution is -0.137. The second-order valence-electron chi connectivity index (χ2n) is 9.55. The molecule has 1 aliphatic carbocycles. The molecule has 0 spiro atoms. The van der Waals surface area contributed by atoms with E-state index in [4.69, 9.17) is 0 Å². The molecule has 1 aromatic heterocycles. The van der Waals surface area contributed by atoms with Crippen molar-refractivity contribution in [3.05, 3.63) is 76.1 Å². The first-order valence-corrected chi connectivity index (χ1v) is 12.3. The minimum absolute atomic E-state index is 0.0123. The normalized spacial score (nSPS) is 16.2. The Morgan fingerprint density at radius 3 is 2.64 bits per heavy atom. The van der Waals surface area contributed by atoms with Gasteiger partial charge in [0.25, 0.3) is 5.56 Å². The maximum atomic E-state index is 13.6. The van der Waals surface area contributed by atoms with Gasteiger partial charge in [-0.25, -0.2) is 0 Å². The van der Waals surface area contributed by atoms with E-state index in [1.165, 1.54) is 17.7 Å². The van der Waals surface area contributed by atoms with Gasteiger partial charge in [-0.15, -0.1) is 0 Å². The number of hydrogen-bond acceptors (Lipinski definition) is 3. The molecule has 2 aliphatic rings. The summed E-state index contributed by atoms with van der Waals surface area (Å²) in [4.78, 5) is 31.1. The van der Waals surface area contributed by atoms with E-state index in [2.05, 4.69) is 29.2 Å². The van der Waals surface area contributed by atoms with Gasteiger partial charge in [-0.05, 0) is 48.4 Å². The summed E-state index contributed by atoms with van der Waals surface area (Å²) in [7, 11) is 1.82. The number of hydrogen-bond donors (Lipinski definition) is 0. The molecule has 0 bridgehead atoms. The van der Waals surface area contributed by atoms with Crippen molar-refractivity contribution in [3.8, 4) is 0 Å². The summed E-state index contributed by atoms with van der Waals surface area (Å²) in [6, 6.07) is 18.5. The molecular formula is C28H33N3O2. The number of aryl methyl sites for hydroxylation is 1.